The number of nitrogens with zero attached hydrogens (tertiary/aromatic N) is 3. The predicted octanol–water partition coefficient (Wildman–Crippen LogP) is 13.9. The van der Waals surface area contributed by atoms with Crippen LogP contribution in [0.5, 0.6) is 0 Å². The Morgan fingerprint density at radius 2 is 0.893 bits per heavy atom. The summed E-state index contributed by atoms with van der Waals surface area (Å²) in [6.45, 7) is 6.75. The quantitative estimate of drug-likeness (QED) is 0.122. The molecule has 0 unspecified atom stereocenters. The molecule has 0 saturated carbocycles. The summed E-state index contributed by atoms with van der Waals surface area (Å²) in [4.78, 5) is 15.1. The van der Waals surface area contributed by atoms with Crippen molar-refractivity contribution in [2.75, 3.05) is 0 Å². The van der Waals surface area contributed by atoms with Crippen LogP contribution in [-0.4, -0.2) is 15.0 Å². The van der Waals surface area contributed by atoms with Gasteiger partial charge in [-0.3, -0.25) is 0 Å². The Hall–Kier alpha value is -6.97. The van der Waals surface area contributed by atoms with Gasteiger partial charge >= 0.3 is 0 Å². The first kappa shape index (κ1) is 33.6. The second-order valence-corrected chi connectivity index (χ2v) is 15.2. The molecule has 0 radical (unpaired) electrons. The van der Waals surface area contributed by atoms with E-state index in [0.29, 0.717) is 17.5 Å². The van der Waals surface area contributed by atoms with Crippen LogP contribution >= 0.6 is 0 Å². The predicted molar refractivity (Wildman–Crippen MR) is 236 cm³/mol. The van der Waals surface area contributed by atoms with E-state index in [1.807, 2.05) is 43.3 Å². The minimum Gasteiger partial charge on any atom is -0.208 e. The number of aromatic nitrogens is 3. The van der Waals surface area contributed by atoms with E-state index in [-0.39, 0.29) is 5.41 Å². The Morgan fingerprint density at radius 1 is 0.411 bits per heavy atom. The molecule has 0 aliphatic heterocycles. The fourth-order valence-electron chi connectivity index (χ4n) is 8.46. The first-order valence-electron chi connectivity index (χ1n) is 19.3. The van der Waals surface area contributed by atoms with Gasteiger partial charge in [0.1, 0.15) is 0 Å². The van der Waals surface area contributed by atoms with Crippen LogP contribution in [0.15, 0.2) is 176 Å². The maximum atomic E-state index is 5.08. The van der Waals surface area contributed by atoms with Gasteiger partial charge in [-0.1, -0.05) is 159 Å². The third-order valence-corrected chi connectivity index (χ3v) is 11.4. The fourth-order valence-corrected chi connectivity index (χ4v) is 8.46. The second-order valence-electron chi connectivity index (χ2n) is 15.2. The molecule has 0 saturated heterocycles. The van der Waals surface area contributed by atoms with Gasteiger partial charge in [0.2, 0.25) is 0 Å². The maximum Gasteiger partial charge on any atom is 0.164 e. The van der Waals surface area contributed by atoms with Gasteiger partial charge < -0.3 is 0 Å². The summed E-state index contributed by atoms with van der Waals surface area (Å²) in [5.74, 6) is 2.01. The van der Waals surface area contributed by atoms with Gasteiger partial charge in [0, 0.05) is 22.1 Å². The Bertz CT molecular complexity index is 2970. The molecule has 9 aromatic rings. The summed E-state index contributed by atoms with van der Waals surface area (Å²) in [5.41, 5.74) is 11.4. The molecule has 1 heterocycles. The second kappa shape index (κ2) is 13.4. The first-order valence-corrected chi connectivity index (χ1v) is 19.3. The molecular formula is C53H39N3. The molecular weight excluding hydrogens is 679 g/mol. The van der Waals surface area contributed by atoms with Crippen molar-refractivity contribution in [1.29, 1.82) is 0 Å². The van der Waals surface area contributed by atoms with E-state index in [1.165, 1.54) is 71.3 Å². The van der Waals surface area contributed by atoms with Crippen molar-refractivity contribution in [3.05, 3.63) is 193 Å². The molecule has 0 atom stereocenters. The van der Waals surface area contributed by atoms with Gasteiger partial charge in [0.05, 0.1) is 0 Å². The van der Waals surface area contributed by atoms with E-state index in [2.05, 4.69) is 159 Å². The third kappa shape index (κ3) is 5.72. The van der Waals surface area contributed by atoms with Crippen LogP contribution < -0.4 is 0 Å². The highest BCUT2D eigenvalue weighted by Gasteiger charge is 2.35. The number of fused-ring (bicyclic) bond motifs is 1. The number of hydrogen-bond donors (Lipinski definition) is 0. The van der Waals surface area contributed by atoms with Crippen LogP contribution in [0.1, 0.15) is 37.5 Å². The minimum absolute atomic E-state index is 0.230. The van der Waals surface area contributed by atoms with Crippen LogP contribution in [0.2, 0.25) is 0 Å². The smallest absolute Gasteiger partial charge is 0.164 e. The van der Waals surface area contributed by atoms with Gasteiger partial charge in [0.15, 0.2) is 17.5 Å². The molecule has 266 valence electrons. The van der Waals surface area contributed by atoms with Crippen molar-refractivity contribution in [3.8, 4) is 56.4 Å². The van der Waals surface area contributed by atoms with Crippen molar-refractivity contribution in [2.45, 2.75) is 26.2 Å². The first-order chi connectivity index (χ1) is 27.4. The van der Waals surface area contributed by atoms with Crippen LogP contribution in [0.3, 0.4) is 0 Å². The molecule has 3 heteroatoms. The Morgan fingerprint density at radius 3 is 1.48 bits per heavy atom. The minimum atomic E-state index is -0.230. The molecule has 1 aliphatic carbocycles. The Labute approximate surface area is 327 Å². The van der Waals surface area contributed by atoms with E-state index in [9.17, 15) is 0 Å². The normalized spacial score (nSPS) is 13.3. The lowest BCUT2D eigenvalue weighted by molar-refractivity contribution is 0.663. The van der Waals surface area contributed by atoms with Crippen molar-refractivity contribution in [1.82, 2.24) is 15.0 Å². The summed E-state index contributed by atoms with van der Waals surface area (Å²) in [6, 6.07) is 56.6. The molecule has 3 nitrogen and oxygen atoms in total. The average molecular weight is 718 g/mol. The zero-order chi connectivity index (χ0) is 37.8. The summed E-state index contributed by atoms with van der Waals surface area (Å²) in [5, 5.41) is 7.63. The lowest BCUT2D eigenvalue weighted by Gasteiger charge is -2.23. The average Bonchev–Trinajstić information content (AvgIpc) is 3.49. The summed E-state index contributed by atoms with van der Waals surface area (Å²) < 4.78 is 0. The summed E-state index contributed by atoms with van der Waals surface area (Å²) in [7, 11) is 0. The van der Waals surface area contributed by atoms with Crippen molar-refractivity contribution in [3.63, 3.8) is 0 Å². The molecule has 0 fully saturated rings. The van der Waals surface area contributed by atoms with Crippen LogP contribution in [0, 0.1) is 0 Å². The molecule has 0 bridgehead atoms. The molecule has 1 aromatic heterocycles. The highest BCUT2D eigenvalue weighted by atomic mass is 15.0. The largest absolute Gasteiger partial charge is 0.208 e. The molecule has 10 rings (SSSR count). The molecule has 0 N–H and O–H groups in total. The van der Waals surface area contributed by atoms with Crippen molar-refractivity contribution >= 4 is 38.4 Å². The molecule has 56 heavy (non-hydrogen) atoms. The lowest BCUT2D eigenvalue weighted by atomic mass is 9.80. The van der Waals surface area contributed by atoms with E-state index in [4.69, 9.17) is 15.0 Å². The zero-order valence-corrected chi connectivity index (χ0v) is 31.7. The molecule has 1 aliphatic rings. The topological polar surface area (TPSA) is 38.7 Å². The standard InChI is InChI=1S/C53H39N3/c1-4-5-8-19-38-28-42(29-39-20-13-14-21-45(38)39)34-22-24-35(25-23-34)43-30-40-26-27-41-31-44(33-47-49(41)48(40)46(32-43)53(47,2)3)52-55-50(36-15-9-6-10-16-36)54-51(56-52)37-17-11-7-12-18-37/h4-33H,1-3H3/b5-4-,19-8-. The molecule has 0 spiro atoms. The van der Waals surface area contributed by atoms with Crippen molar-refractivity contribution in [2.24, 2.45) is 0 Å². The third-order valence-electron chi connectivity index (χ3n) is 11.4. The maximum absolute atomic E-state index is 5.08. The summed E-state index contributed by atoms with van der Waals surface area (Å²) >= 11 is 0. The van der Waals surface area contributed by atoms with E-state index in [1.54, 1.807) is 0 Å². The number of rotatable bonds is 7. The fraction of sp³-hybridized carbons (Fsp3) is 0.0755. The van der Waals surface area contributed by atoms with E-state index in [0.717, 1.165) is 16.7 Å². The van der Waals surface area contributed by atoms with E-state index >= 15 is 0 Å². The van der Waals surface area contributed by atoms with Crippen molar-refractivity contribution < 1.29 is 0 Å². The Balaban J connectivity index is 1.04. The highest BCUT2D eigenvalue weighted by Crippen LogP contribution is 2.51. The van der Waals surface area contributed by atoms with Gasteiger partial charge in [-0.25, -0.2) is 15.0 Å². The highest BCUT2D eigenvalue weighted by molar-refractivity contribution is 6.16. The van der Waals surface area contributed by atoms with Gasteiger partial charge in [-0.2, -0.15) is 0 Å². The van der Waals surface area contributed by atoms with Crippen LogP contribution in [-0.2, 0) is 5.41 Å². The molecule has 0 amide bonds. The van der Waals surface area contributed by atoms with Crippen LogP contribution in [0.4, 0.5) is 0 Å². The number of benzene rings is 8. The van der Waals surface area contributed by atoms with Gasteiger partial charge in [-0.05, 0) is 115 Å². The summed E-state index contributed by atoms with van der Waals surface area (Å²) in [6.07, 6.45) is 8.45. The van der Waals surface area contributed by atoms with Gasteiger partial charge in [-0.15, -0.1) is 0 Å². The zero-order valence-electron chi connectivity index (χ0n) is 31.7. The van der Waals surface area contributed by atoms with Crippen LogP contribution in [0.25, 0.3) is 94.8 Å². The van der Waals surface area contributed by atoms with E-state index < -0.39 is 0 Å². The number of allylic oxidation sites excluding steroid dienone is 3. The SMILES string of the molecule is C/C=C\C=C/c1cc(-c2ccc(-c3cc4c5c(ccc6cc(-c7nc(-c8ccccc8)nc(-c8ccccc8)n7)cc(c65)C4(C)C)c3)cc2)cc2ccccc12. The number of hydrogen-bond acceptors (Lipinski definition) is 3. The molecule has 8 aromatic carbocycles. The monoisotopic (exact) mass is 717 g/mol. The lowest BCUT2D eigenvalue weighted by Crippen LogP contribution is -2.15. The Kier molecular flexibility index (Phi) is 8.04. The van der Waals surface area contributed by atoms with Gasteiger partial charge in [0.25, 0.3) is 0 Å².